The lowest BCUT2D eigenvalue weighted by Crippen LogP contribution is -2.18. The number of rotatable bonds is 9. The minimum atomic E-state index is -1.89. The van der Waals surface area contributed by atoms with Gasteiger partial charge in [-0.25, -0.2) is 4.89 Å². The van der Waals surface area contributed by atoms with Gasteiger partial charge >= 0.3 is 5.97 Å². The van der Waals surface area contributed by atoms with Crippen LogP contribution in [0.3, 0.4) is 0 Å². The monoisotopic (exact) mass is 399 g/mol. The number of fused-ring (bicyclic) bond motifs is 1. The van der Waals surface area contributed by atoms with Crippen LogP contribution in [0.1, 0.15) is 37.2 Å². The Kier molecular flexibility index (Phi) is 5.98. The Labute approximate surface area is 158 Å². The first-order valence-corrected chi connectivity index (χ1v) is 8.59. The van der Waals surface area contributed by atoms with Gasteiger partial charge in [0, 0.05) is 17.6 Å². The molecular formula is C17H18ClNO8. The van der Waals surface area contributed by atoms with E-state index in [-0.39, 0.29) is 47.6 Å². The number of ether oxygens (including phenoxy) is 1. The third-order valence-corrected chi connectivity index (χ3v) is 4.37. The third kappa shape index (κ3) is 4.57. The molecule has 1 aromatic carbocycles. The summed E-state index contributed by atoms with van der Waals surface area (Å²) in [5.41, 5.74) is -0.0872. The van der Waals surface area contributed by atoms with Crippen molar-refractivity contribution in [3.8, 4) is 5.75 Å². The van der Waals surface area contributed by atoms with Crippen LogP contribution in [0.4, 0.5) is 0 Å². The molecule has 27 heavy (non-hydrogen) atoms. The minimum absolute atomic E-state index is 0.129. The Hall–Kier alpha value is -2.17. The first kappa shape index (κ1) is 19.6. The van der Waals surface area contributed by atoms with E-state index in [9.17, 15) is 19.8 Å². The molecule has 146 valence electrons. The molecular weight excluding hydrogens is 382 g/mol. The molecule has 1 saturated carbocycles. The molecule has 0 amide bonds. The van der Waals surface area contributed by atoms with E-state index in [4.69, 9.17) is 26.3 Å². The van der Waals surface area contributed by atoms with E-state index in [1.54, 1.807) is 6.07 Å². The number of aliphatic hydroxyl groups is 2. The normalized spacial score (nSPS) is 14.1. The van der Waals surface area contributed by atoms with Crippen molar-refractivity contribution in [2.45, 2.75) is 31.6 Å². The van der Waals surface area contributed by atoms with E-state index in [1.807, 2.05) is 4.57 Å². The van der Waals surface area contributed by atoms with Gasteiger partial charge in [0.25, 0.3) is 0 Å². The molecule has 0 saturated heterocycles. The van der Waals surface area contributed by atoms with Crippen LogP contribution in [0.25, 0.3) is 10.9 Å². The van der Waals surface area contributed by atoms with Crippen LogP contribution in [0.2, 0.25) is 5.02 Å². The summed E-state index contributed by atoms with van der Waals surface area (Å²) in [5, 5.41) is 27.9. The fraction of sp³-hybridized carbons (Fsp3) is 0.412. The maximum absolute atomic E-state index is 12.6. The standard InChI is InChI=1S/C17H18ClNO8/c18-12-6-13-10(5-14(12)25-8-27-26-4-3-15(20)21)16(22)11(17(23)24)7-19(13)9-1-2-9/h5-7,9,17,23-24H,1-4,8H2,(H,20,21). The topological polar surface area (TPSA) is 127 Å². The Balaban J connectivity index is 1.83. The summed E-state index contributed by atoms with van der Waals surface area (Å²) in [7, 11) is 0. The number of aliphatic carboxylic acids is 1. The number of carboxylic acids is 1. The molecule has 9 nitrogen and oxygen atoms in total. The molecule has 1 aliphatic rings. The van der Waals surface area contributed by atoms with Crippen LogP contribution in [0.5, 0.6) is 5.75 Å². The van der Waals surface area contributed by atoms with Gasteiger partial charge in [-0.05, 0) is 25.0 Å². The summed E-state index contributed by atoms with van der Waals surface area (Å²) >= 11 is 6.22. The van der Waals surface area contributed by atoms with E-state index in [0.29, 0.717) is 5.52 Å². The van der Waals surface area contributed by atoms with Crippen molar-refractivity contribution < 1.29 is 34.6 Å². The second-order valence-corrected chi connectivity index (χ2v) is 6.48. The van der Waals surface area contributed by atoms with Crippen molar-refractivity contribution >= 4 is 28.5 Å². The van der Waals surface area contributed by atoms with Crippen molar-refractivity contribution in [1.82, 2.24) is 4.57 Å². The number of hydrogen-bond donors (Lipinski definition) is 3. The highest BCUT2D eigenvalue weighted by atomic mass is 35.5. The second kappa shape index (κ2) is 8.24. The summed E-state index contributed by atoms with van der Waals surface area (Å²) in [4.78, 5) is 32.3. The molecule has 3 rings (SSSR count). The molecule has 0 aliphatic heterocycles. The van der Waals surface area contributed by atoms with Crippen molar-refractivity contribution in [2.75, 3.05) is 13.4 Å². The first-order valence-electron chi connectivity index (χ1n) is 8.22. The zero-order valence-electron chi connectivity index (χ0n) is 14.1. The van der Waals surface area contributed by atoms with Crippen molar-refractivity contribution in [2.24, 2.45) is 0 Å². The van der Waals surface area contributed by atoms with Crippen molar-refractivity contribution in [1.29, 1.82) is 0 Å². The molecule has 2 aromatic rings. The fourth-order valence-electron chi connectivity index (χ4n) is 2.63. The smallest absolute Gasteiger partial charge is 0.305 e. The van der Waals surface area contributed by atoms with Gasteiger partial charge in [-0.2, -0.15) is 4.89 Å². The summed E-state index contributed by atoms with van der Waals surface area (Å²) in [6.45, 7) is -0.516. The van der Waals surface area contributed by atoms with Crippen LogP contribution >= 0.6 is 11.6 Å². The Morgan fingerprint density at radius 1 is 1.30 bits per heavy atom. The van der Waals surface area contributed by atoms with Gasteiger partial charge in [0.05, 0.1) is 29.1 Å². The summed E-state index contributed by atoms with van der Waals surface area (Å²) in [5.74, 6) is -0.874. The average molecular weight is 400 g/mol. The number of halogens is 1. The highest BCUT2D eigenvalue weighted by Gasteiger charge is 2.27. The average Bonchev–Trinajstić information content (AvgIpc) is 3.43. The SMILES string of the molecule is O=C(O)CCOOCOc1cc2c(=O)c(C(O)O)cn(C3CC3)c2cc1Cl. The van der Waals surface area contributed by atoms with Gasteiger partial charge in [-0.1, -0.05) is 11.6 Å². The number of carbonyl (C=O) groups is 1. The molecule has 1 aromatic heterocycles. The summed E-state index contributed by atoms with van der Waals surface area (Å²) in [6.07, 6.45) is 1.19. The van der Waals surface area contributed by atoms with E-state index in [0.717, 1.165) is 12.8 Å². The second-order valence-electron chi connectivity index (χ2n) is 6.07. The molecule has 1 heterocycles. The van der Waals surface area contributed by atoms with E-state index in [1.165, 1.54) is 12.3 Å². The maximum Gasteiger partial charge on any atom is 0.305 e. The number of carboxylic acid groups (broad SMARTS) is 1. The Morgan fingerprint density at radius 3 is 2.67 bits per heavy atom. The van der Waals surface area contributed by atoms with Gasteiger partial charge in [0.1, 0.15) is 5.75 Å². The Morgan fingerprint density at radius 2 is 2.04 bits per heavy atom. The molecule has 10 heteroatoms. The van der Waals surface area contributed by atoms with Gasteiger partial charge < -0.3 is 24.6 Å². The third-order valence-electron chi connectivity index (χ3n) is 4.08. The van der Waals surface area contributed by atoms with Crippen LogP contribution in [0, 0.1) is 0 Å². The Bertz CT molecular complexity index is 906. The zero-order chi connectivity index (χ0) is 19.6. The predicted molar refractivity (Wildman–Crippen MR) is 93.5 cm³/mol. The number of hydrogen-bond acceptors (Lipinski definition) is 7. The molecule has 1 fully saturated rings. The minimum Gasteiger partial charge on any atom is -0.481 e. The van der Waals surface area contributed by atoms with E-state index in [2.05, 4.69) is 4.89 Å². The molecule has 0 spiro atoms. The molecule has 0 bridgehead atoms. The van der Waals surface area contributed by atoms with Crippen molar-refractivity contribution in [3.05, 3.63) is 39.1 Å². The molecule has 0 radical (unpaired) electrons. The van der Waals surface area contributed by atoms with Gasteiger partial charge in [0.2, 0.25) is 6.79 Å². The zero-order valence-corrected chi connectivity index (χ0v) is 14.9. The molecule has 0 atom stereocenters. The first-order chi connectivity index (χ1) is 12.9. The van der Waals surface area contributed by atoms with Gasteiger partial charge in [-0.15, -0.1) is 0 Å². The van der Waals surface area contributed by atoms with Gasteiger partial charge in [0.15, 0.2) is 11.7 Å². The quantitative estimate of drug-likeness (QED) is 0.252. The van der Waals surface area contributed by atoms with E-state index >= 15 is 0 Å². The maximum atomic E-state index is 12.6. The lowest BCUT2D eigenvalue weighted by Gasteiger charge is -2.15. The lowest BCUT2D eigenvalue weighted by molar-refractivity contribution is -0.322. The number of aliphatic hydroxyl groups excluding tert-OH is 1. The van der Waals surface area contributed by atoms with Crippen LogP contribution < -0.4 is 10.2 Å². The molecule has 0 unspecified atom stereocenters. The fourth-order valence-corrected chi connectivity index (χ4v) is 2.84. The molecule has 3 N–H and O–H groups in total. The van der Waals surface area contributed by atoms with Crippen molar-refractivity contribution in [3.63, 3.8) is 0 Å². The predicted octanol–water partition coefficient (Wildman–Crippen LogP) is 1.73. The van der Waals surface area contributed by atoms with Crippen LogP contribution in [-0.2, 0) is 14.6 Å². The number of benzene rings is 1. The summed E-state index contributed by atoms with van der Waals surface area (Å²) in [6, 6.07) is 3.16. The summed E-state index contributed by atoms with van der Waals surface area (Å²) < 4.78 is 7.14. The lowest BCUT2D eigenvalue weighted by atomic mass is 10.1. The number of aromatic nitrogens is 1. The van der Waals surface area contributed by atoms with Crippen LogP contribution in [-0.4, -0.2) is 39.3 Å². The van der Waals surface area contributed by atoms with Crippen LogP contribution in [0.15, 0.2) is 23.1 Å². The van der Waals surface area contributed by atoms with Gasteiger partial charge in [-0.3, -0.25) is 9.59 Å². The highest BCUT2D eigenvalue weighted by molar-refractivity contribution is 6.32. The molecule has 1 aliphatic carbocycles. The van der Waals surface area contributed by atoms with E-state index < -0.39 is 17.7 Å². The number of pyridine rings is 1. The number of nitrogens with zero attached hydrogens (tertiary/aromatic N) is 1. The largest absolute Gasteiger partial charge is 0.481 e. The highest BCUT2D eigenvalue weighted by Crippen LogP contribution is 2.39.